The summed E-state index contributed by atoms with van der Waals surface area (Å²) in [4.78, 5) is 14.9. The van der Waals surface area contributed by atoms with E-state index in [0.717, 1.165) is 38.4 Å². The van der Waals surface area contributed by atoms with Crippen LogP contribution < -0.4 is 5.32 Å². The van der Waals surface area contributed by atoms with Crippen LogP contribution in [0.25, 0.3) is 11.3 Å². The number of nitrogens with one attached hydrogen (secondary N) is 1. The molecule has 3 rings (SSSR count). The Morgan fingerprint density at radius 1 is 1.32 bits per heavy atom. The van der Waals surface area contributed by atoms with Crippen LogP contribution in [-0.2, 0) is 4.74 Å². The lowest BCUT2D eigenvalue weighted by molar-refractivity contribution is 0.0383. The van der Waals surface area contributed by atoms with Crippen LogP contribution in [0.5, 0.6) is 0 Å². The van der Waals surface area contributed by atoms with Gasteiger partial charge in [0, 0.05) is 31.7 Å². The van der Waals surface area contributed by atoms with Gasteiger partial charge in [0.2, 0.25) is 0 Å². The highest BCUT2D eigenvalue weighted by Gasteiger charge is 2.26. The molecule has 0 aliphatic carbocycles. The average Bonchev–Trinajstić information content (AvgIpc) is 3.09. The van der Waals surface area contributed by atoms with Crippen molar-refractivity contribution in [3.05, 3.63) is 41.7 Å². The van der Waals surface area contributed by atoms with E-state index in [-0.39, 0.29) is 11.7 Å². The van der Waals surface area contributed by atoms with Crippen LogP contribution in [-0.4, -0.2) is 60.5 Å². The topological polar surface area (TPSA) is 87.8 Å². The summed E-state index contributed by atoms with van der Waals surface area (Å²) in [5.41, 5.74) is 1.51. The van der Waals surface area contributed by atoms with Crippen molar-refractivity contribution in [3.63, 3.8) is 0 Å². The fourth-order valence-electron chi connectivity index (χ4n) is 2.84. The van der Waals surface area contributed by atoms with Gasteiger partial charge in [-0.05, 0) is 6.92 Å². The number of carbonyl (C=O) groups excluding carboxylic acids is 1. The van der Waals surface area contributed by atoms with Gasteiger partial charge < -0.3 is 19.7 Å². The third-order valence-electron chi connectivity index (χ3n) is 4.19. The van der Waals surface area contributed by atoms with Gasteiger partial charge in [-0.15, -0.1) is 0 Å². The molecular formula is C18H23N3O4. The predicted molar refractivity (Wildman–Crippen MR) is 92.2 cm³/mol. The molecule has 0 spiro atoms. The van der Waals surface area contributed by atoms with Gasteiger partial charge in [-0.1, -0.05) is 35.5 Å². The van der Waals surface area contributed by atoms with Crippen LogP contribution in [0.3, 0.4) is 0 Å². The van der Waals surface area contributed by atoms with Crippen LogP contribution in [0.15, 0.2) is 34.9 Å². The van der Waals surface area contributed by atoms with Crippen molar-refractivity contribution >= 4 is 5.91 Å². The first kappa shape index (κ1) is 17.6. The molecule has 7 heteroatoms. The Balaban J connectivity index is 1.72. The molecule has 1 aliphatic heterocycles. The highest BCUT2D eigenvalue weighted by molar-refractivity contribution is 6.00. The lowest BCUT2D eigenvalue weighted by Gasteiger charge is -2.26. The molecule has 2 N–H and O–H groups in total. The Morgan fingerprint density at radius 3 is 2.72 bits per heavy atom. The molecule has 2 heterocycles. The smallest absolute Gasteiger partial charge is 0.257 e. The summed E-state index contributed by atoms with van der Waals surface area (Å²) in [5, 5.41) is 16.8. The van der Waals surface area contributed by atoms with Gasteiger partial charge in [0.15, 0.2) is 5.76 Å². The van der Waals surface area contributed by atoms with Crippen molar-refractivity contribution < 1.29 is 19.2 Å². The minimum absolute atomic E-state index is 0.183. The van der Waals surface area contributed by atoms with E-state index >= 15 is 0 Å². The summed E-state index contributed by atoms with van der Waals surface area (Å²) in [5.74, 6) is -0.105. The second-order valence-electron chi connectivity index (χ2n) is 6.02. The number of amides is 1. The third-order valence-corrected chi connectivity index (χ3v) is 4.19. The van der Waals surface area contributed by atoms with E-state index < -0.39 is 6.10 Å². The molecule has 7 nitrogen and oxygen atoms in total. The number of carbonyl (C=O) groups is 1. The number of aliphatic hydroxyl groups excluding tert-OH is 1. The number of aliphatic hydroxyl groups is 1. The number of benzene rings is 1. The van der Waals surface area contributed by atoms with E-state index in [1.165, 1.54) is 0 Å². The maximum atomic E-state index is 12.7. The average molecular weight is 345 g/mol. The summed E-state index contributed by atoms with van der Waals surface area (Å²) in [6.45, 7) is 6.02. The van der Waals surface area contributed by atoms with Gasteiger partial charge >= 0.3 is 0 Å². The first-order valence-electron chi connectivity index (χ1n) is 8.48. The molecule has 1 aromatic heterocycles. The minimum Gasteiger partial charge on any atom is -0.385 e. The van der Waals surface area contributed by atoms with E-state index in [9.17, 15) is 9.90 Å². The number of hydrogen-bond acceptors (Lipinski definition) is 6. The van der Waals surface area contributed by atoms with Gasteiger partial charge in [-0.2, -0.15) is 0 Å². The number of ether oxygens (including phenoxy) is 1. The zero-order chi connectivity index (χ0) is 17.6. The first-order chi connectivity index (χ1) is 12.2. The molecule has 0 saturated carbocycles. The monoisotopic (exact) mass is 345 g/mol. The van der Waals surface area contributed by atoms with Crippen LogP contribution >= 0.6 is 0 Å². The van der Waals surface area contributed by atoms with Crippen LogP contribution in [0.2, 0.25) is 0 Å². The van der Waals surface area contributed by atoms with Crippen LogP contribution in [0.4, 0.5) is 0 Å². The number of morpholine rings is 1. The molecule has 1 amide bonds. The Bertz CT molecular complexity index is 694. The summed E-state index contributed by atoms with van der Waals surface area (Å²) in [6.07, 6.45) is -0.912. The van der Waals surface area contributed by atoms with Crippen molar-refractivity contribution in [1.82, 2.24) is 15.4 Å². The Labute approximate surface area is 146 Å². The summed E-state index contributed by atoms with van der Waals surface area (Å²) in [6, 6.07) is 9.34. The number of hydrogen-bond donors (Lipinski definition) is 2. The normalized spacial score (nSPS) is 16.6. The van der Waals surface area contributed by atoms with Gasteiger partial charge in [0.05, 0.1) is 13.2 Å². The number of nitrogens with zero attached hydrogens (tertiary/aromatic N) is 2. The molecule has 2 aromatic rings. The molecule has 0 unspecified atom stereocenters. The third kappa shape index (κ3) is 4.25. The maximum absolute atomic E-state index is 12.7. The molecular weight excluding hydrogens is 322 g/mol. The van der Waals surface area contributed by atoms with Crippen molar-refractivity contribution in [3.8, 4) is 11.3 Å². The summed E-state index contributed by atoms with van der Waals surface area (Å²) in [7, 11) is 0. The number of rotatable bonds is 6. The van der Waals surface area contributed by atoms with Crippen molar-refractivity contribution in [2.75, 3.05) is 39.4 Å². The molecule has 0 bridgehead atoms. The predicted octanol–water partition coefficient (Wildman–Crippen LogP) is 1.46. The molecule has 1 saturated heterocycles. The maximum Gasteiger partial charge on any atom is 0.257 e. The van der Waals surface area contributed by atoms with Crippen molar-refractivity contribution in [1.29, 1.82) is 0 Å². The second kappa shape index (κ2) is 8.24. The molecule has 25 heavy (non-hydrogen) atoms. The molecule has 1 aliphatic rings. The number of aromatic nitrogens is 1. The summed E-state index contributed by atoms with van der Waals surface area (Å²) >= 11 is 0. The molecule has 134 valence electrons. The Morgan fingerprint density at radius 2 is 2.04 bits per heavy atom. The van der Waals surface area contributed by atoms with Gasteiger partial charge in [0.1, 0.15) is 17.4 Å². The van der Waals surface area contributed by atoms with Crippen molar-refractivity contribution in [2.24, 2.45) is 0 Å². The zero-order valence-electron chi connectivity index (χ0n) is 14.3. The molecule has 1 aromatic carbocycles. The van der Waals surface area contributed by atoms with E-state index in [1.807, 2.05) is 30.3 Å². The molecule has 0 radical (unpaired) electrons. The highest BCUT2D eigenvalue weighted by atomic mass is 16.5. The fourth-order valence-corrected chi connectivity index (χ4v) is 2.84. The van der Waals surface area contributed by atoms with Crippen molar-refractivity contribution in [2.45, 2.75) is 13.0 Å². The lowest BCUT2D eigenvalue weighted by Crippen LogP contribution is -2.41. The summed E-state index contributed by atoms with van der Waals surface area (Å²) < 4.78 is 10.6. The quantitative estimate of drug-likeness (QED) is 0.824. The van der Waals surface area contributed by atoms with Crippen LogP contribution in [0.1, 0.15) is 29.1 Å². The van der Waals surface area contributed by atoms with Gasteiger partial charge in [0.25, 0.3) is 5.91 Å². The second-order valence-corrected chi connectivity index (χ2v) is 6.02. The molecule has 1 atom stereocenters. The van der Waals surface area contributed by atoms with Gasteiger partial charge in [-0.25, -0.2) is 0 Å². The minimum atomic E-state index is -0.912. The zero-order valence-corrected chi connectivity index (χ0v) is 14.3. The largest absolute Gasteiger partial charge is 0.385 e. The van der Waals surface area contributed by atoms with Crippen LogP contribution in [0, 0.1) is 0 Å². The van der Waals surface area contributed by atoms with E-state index in [0.29, 0.717) is 17.8 Å². The van der Waals surface area contributed by atoms with E-state index in [4.69, 9.17) is 9.26 Å². The first-order valence-corrected chi connectivity index (χ1v) is 8.48. The fraction of sp³-hybridized carbons (Fsp3) is 0.444. The SMILES string of the molecule is C[C@H](O)c1onc(-c2ccccc2)c1C(=O)NCCN1CCOCC1. The Hall–Kier alpha value is -2.22. The lowest BCUT2D eigenvalue weighted by atomic mass is 10.0. The highest BCUT2D eigenvalue weighted by Crippen LogP contribution is 2.28. The molecule has 1 fully saturated rings. The standard InChI is InChI=1S/C18H23N3O4/c1-13(22)17-15(16(20-25-17)14-5-3-2-4-6-14)18(23)19-7-8-21-9-11-24-12-10-21/h2-6,13,22H,7-12H2,1H3,(H,19,23)/t13-/m0/s1. The van der Waals surface area contributed by atoms with E-state index in [1.54, 1.807) is 6.92 Å². The van der Waals surface area contributed by atoms with Gasteiger partial charge in [-0.3, -0.25) is 9.69 Å². The Kier molecular flexibility index (Phi) is 5.80. The van der Waals surface area contributed by atoms with E-state index in [2.05, 4.69) is 15.4 Å².